The zero-order valence-electron chi connectivity index (χ0n) is 14.0. The van der Waals surface area contributed by atoms with E-state index in [1.807, 2.05) is 18.7 Å². The lowest BCUT2D eigenvalue weighted by Gasteiger charge is -2.33. The molecule has 1 unspecified atom stereocenters. The Morgan fingerprint density at radius 3 is 2.46 bits per heavy atom. The smallest absolute Gasteiger partial charge is 0.246 e. The van der Waals surface area contributed by atoms with Gasteiger partial charge in [0, 0.05) is 32.2 Å². The van der Waals surface area contributed by atoms with Crippen molar-refractivity contribution in [2.24, 2.45) is 0 Å². The lowest BCUT2D eigenvalue weighted by atomic mass is 10.2. The Kier molecular flexibility index (Phi) is 6.31. The van der Waals surface area contributed by atoms with E-state index in [0.29, 0.717) is 13.1 Å². The van der Waals surface area contributed by atoms with E-state index in [1.165, 1.54) is 22.5 Å². The number of hydrogen-bond donors (Lipinski definition) is 1. The number of rotatable bonds is 6. The molecule has 1 aliphatic rings. The van der Waals surface area contributed by atoms with E-state index >= 15 is 0 Å². The molecular formula is C16H24FN3O3S. The van der Waals surface area contributed by atoms with Crippen LogP contribution >= 0.6 is 0 Å². The summed E-state index contributed by atoms with van der Waals surface area (Å²) in [6, 6.07) is 5.51. The van der Waals surface area contributed by atoms with Crippen LogP contribution in [0.1, 0.15) is 20.3 Å². The van der Waals surface area contributed by atoms with E-state index in [9.17, 15) is 17.6 Å². The average Bonchev–Trinajstić information content (AvgIpc) is 2.55. The largest absolute Gasteiger partial charge is 0.353 e. The van der Waals surface area contributed by atoms with Crippen LogP contribution in [0.2, 0.25) is 0 Å². The maximum Gasteiger partial charge on any atom is 0.246 e. The number of piperazine rings is 1. The Balaban J connectivity index is 1.93. The lowest BCUT2D eigenvalue weighted by molar-refractivity contribution is -0.123. The first-order valence-electron chi connectivity index (χ1n) is 8.11. The predicted molar refractivity (Wildman–Crippen MR) is 89.5 cm³/mol. The maximum absolute atomic E-state index is 13.8. The van der Waals surface area contributed by atoms with Crippen molar-refractivity contribution in [1.82, 2.24) is 14.5 Å². The minimum absolute atomic E-state index is 0.0604. The number of hydrogen-bond acceptors (Lipinski definition) is 4. The quantitative estimate of drug-likeness (QED) is 0.826. The number of carbonyl (C=O) groups excluding carboxylic acids is 1. The molecular weight excluding hydrogens is 333 g/mol. The van der Waals surface area contributed by atoms with Gasteiger partial charge in [-0.2, -0.15) is 4.31 Å². The molecule has 8 heteroatoms. The molecule has 1 aromatic rings. The summed E-state index contributed by atoms with van der Waals surface area (Å²) in [5.74, 6) is -0.803. The van der Waals surface area contributed by atoms with Gasteiger partial charge in [0.05, 0.1) is 6.54 Å². The summed E-state index contributed by atoms with van der Waals surface area (Å²) in [5, 5.41) is 2.89. The summed E-state index contributed by atoms with van der Waals surface area (Å²) in [4.78, 5) is 13.5. The van der Waals surface area contributed by atoms with Crippen LogP contribution in [0.15, 0.2) is 29.2 Å². The number of nitrogens with zero attached hydrogens (tertiary/aromatic N) is 2. The van der Waals surface area contributed by atoms with Gasteiger partial charge < -0.3 is 5.32 Å². The van der Waals surface area contributed by atoms with Crippen LogP contribution in [0, 0.1) is 5.82 Å². The topological polar surface area (TPSA) is 69.7 Å². The Morgan fingerprint density at radius 2 is 1.88 bits per heavy atom. The van der Waals surface area contributed by atoms with Gasteiger partial charge in [-0.3, -0.25) is 9.69 Å². The molecule has 0 spiro atoms. The van der Waals surface area contributed by atoms with Crippen LogP contribution < -0.4 is 5.32 Å². The summed E-state index contributed by atoms with van der Waals surface area (Å²) in [6.45, 7) is 5.57. The first-order valence-corrected chi connectivity index (χ1v) is 9.55. The first kappa shape index (κ1) is 18.8. The van der Waals surface area contributed by atoms with E-state index in [2.05, 4.69) is 5.32 Å². The second-order valence-electron chi connectivity index (χ2n) is 5.99. The highest BCUT2D eigenvalue weighted by Crippen LogP contribution is 2.20. The SMILES string of the molecule is CCC(C)NC(=O)CN1CCN(S(=O)(=O)c2ccccc2F)CC1. The maximum atomic E-state index is 13.8. The fourth-order valence-corrected chi connectivity index (χ4v) is 4.03. The molecule has 1 aliphatic heterocycles. The number of amides is 1. The molecule has 1 amide bonds. The molecule has 6 nitrogen and oxygen atoms in total. The molecule has 0 aliphatic carbocycles. The Hall–Kier alpha value is -1.51. The average molecular weight is 357 g/mol. The fraction of sp³-hybridized carbons (Fsp3) is 0.562. The normalized spacial score (nSPS) is 18.3. The van der Waals surface area contributed by atoms with Gasteiger partial charge in [0.2, 0.25) is 15.9 Å². The van der Waals surface area contributed by atoms with Gasteiger partial charge in [-0.25, -0.2) is 12.8 Å². The van der Waals surface area contributed by atoms with Crippen molar-refractivity contribution in [3.63, 3.8) is 0 Å². The standard InChI is InChI=1S/C16H24FN3O3S/c1-3-13(2)18-16(21)12-19-8-10-20(11-9-19)24(22,23)15-7-5-4-6-14(15)17/h4-7,13H,3,8-12H2,1-2H3,(H,18,21). The summed E-state index contributed by atoms with van der Waals surface area (Å²) >= 11 is 0. The summed E-state index contributed by atoms with van der Waals surface area (Å²) in [5.41, 5.74) is 0. The van der Waals surface area contributed by atoms with Crippen LogP contribution in [-0.2, 0) is 14.8 Å². The van der Waals surface area contributed by atoms with Crippen LogP contribution in [0.4, 0.5) is 4.39 Å². The van der Waals surface area contributed by atoms with Gasteiger partial charge in [-0.1, -0.05) is 19.1 Å². The number of benzene rings is 1. The van der Waals surface area contributed by atoms with Crippen LogP contribution in [0.25, 0.3) is 0 Å². The van der Waals surface area contributed by atoms with E-state index in [1.54, 1.807) is 0 Å². The number of sulfonamides is 1. The second-order valence-corrected chi connectivity index (χ2v) is 7.89. The summed E-state index contributed by atoms with van der Waals surface area (Å²) < 4.78 is 40.1. The minimum Gasteiger partial charge on any atom is -0.353 e. The van der Waals surface area contributed by atoms with E-state index < -0.39 is 15.8 Å². The summed E-state index contributed by atoms with van der Waals surface area (Å²) in [7, 11) is -3.84. The van der Waals surface area contributed by atoms with Crippen molar-refractivity contribution in [3.05, 3.63) is 30.1 Å². The third-order valence-electron chi connectivity index (χ3n) is 4.17. The third kappa shape index (κ3) is 4.52. The van der Waals surface area contributed by atoms with Crippen molar-refractivity contribution >= 4 is 15.9 Å². The number of halogens is 1. The molecule has 1 fully saturated rings. The second kappa shape index (κ2) is 8.04. The van der Waals surface area contributed by atoms with Gasteiger partial charge in [0.1, 0.15) is 10.7 Å². The van der Waals surface area contributed by atoms with Crippen LogP contribution in [0.5, 0.6) is 0 Å². The Morgan fingerprint density at radius 1 is 1.25 bits per heavy atom. The first-order chi connectivity index (χ1) is 11.3. The van der Waals surface area contributed by atoms with Gasteiger partial charge in [-0.15, -0.1) is 0 Å². The Labute approximate surface area is 142 Å². The van der Waals surface area contributed by atoms with Crippen molar-refractivity contribution in [2.45, 2.75) is 31.2 Å². The monoisotopic (exact) mass is 357 g/mol. The highest BCUT2D eigenvalue weighted by Gasteiger charge is 2.30. The minimum atomic E-state index is -3.84. The highest BCUT2D eigenvalue weighted by atomic mass is 32.2. The van der Waals surface area contributed by atoms with Gasteiger partial charge in [0.15, 0.2) is 0 Å². The third-order valence-corrected chi connectivity index (χ3v) is 6.10. The number of carbonyl (C=O) groups is 1. The molecule has 134 valence electrons. The zero-order valence-corrected chi connectivity index (χ0v) is 14.9. The molecule has 1 aromatic carbocycles. The molecule has 1 N–H and O–H groups in total. The van der Waals surface area contributed by atoms with E-state index in [4.69, 9.17) is 0 Å². The van der Waals surface area contributed by atoms with E-state index in [-0.39, 0.29) is 36.5 Å². The van der Waals surface area contributed by atoms with Crippen molar-refractivity contribution < 1.29 is 17.6 Å². The Bertz CT molecular complexity index is 673. The number of nitrogens with one attached hydrogen (secondary N) is 1. The molecule has 1 saturated heterocycles. The van der Waals surface area contributed by atoms with Crippen molar-refractivity contribution in [2.75, 3.05) is 32.7 Å². The molecule has 0 saturated carbocycles. The predicted octanol–water partition coefficient (Wildman–Crippen LogP) is 1.05. The zero-order chi connectivity index (χ0) is 17.7. The lowest BCUT2D eigenvalue weighted by Crippen LogP contribution is -2.51. The molecule has 1 heterocycles. The molecule has 24 heavy (non-hydrogen) atoms. The highest BCUT2D eigenvalue weighted by molar-refractivity contribution is 7.89. The van der Waals surface area contributed by atoms with E-state index in [0.717, 1.165) is 12.5 Å². The summed E-state index contributed by atoms with van der Waals surface area (Å²) in [6.07, 6.45) is 0.862. The van der Waals surface area contributed by atoms with Crippen molar-refractivity contribution in [3.8, 4) is 0 Å². The van der Waals surface area contributed by atoms with Crippen LogP contribution in [-0.4, -0.2) is 62.3 Å². The molecule has 1 atom stereocenters. The van der Waals surface area contributed by atoms with Crippen LogP contribution in [0.3, 0.4) is 0 Å². The fourth-order valence-electron chi connectivity index (χ4n) is 2.55. The molecule has 0 radical (unpaired) electrons. The molecule has 2 rings (SSSR count). The molecule has 0 aromatic heterocycles. The van der Waals surface area contributed by atoms with Gasteiger partial charge in [0.25, 0.3) is 0 Å². The van der Waals surface area contributed by atoms with Gasteiger partial charge in [-0.05, 0) is 25.5 Å². The van der Waals surface area contributed by atoms with Gasteiger partial charge >= 0.3 is 0 Å². The van der Waals surface area contributed by atoms with Crippen molar-refractivity contribution in [1.29, 1.82) is 0 Å². The molecule has 0 bridgehead atoms.